The lowest BCUT2D eigenvalue weighted by atomic mass is 10.1. The van der Waals surface area contributed by atoms with Crippen LogP contribution in [0.2, 0.25) is 0 Å². The lowest BCUT2D eigenvalue weighted by Gasteiger charge is -2.16. The SMILES string of the molecule is Cc1ccc(-c2nnc(SCC(=O)NN)n2C2CCCC2)cc1. The molecule has 1 aromatic heterocycles. The highest BCUT2D eigenvalue weighted by Crippen LogP contribution is 2.36. The second-order valence-corrected chi connectivity index (χ2v) is 6.78. The zero-order valence-electron chi connectivity index (χ0n) is 13.2. The zero-order valence-corrected chi connectivity index (χ0v) is 14.0. The van der Waals surface area contributed by atoms with Crippen LogP contribution in [0.5, 0.6) is 0 Å². The third kappa shape index (κ3) is 3.56. The van der Waals surface area contributed by atoms with Crippen molar-refractivity contribution >= 4 is 17.7 Å². The summed E-state index contributed by atoms with van der Waals surface area (Å²) in [6.07, 6.45) is 4.72. The van der Waals surface area contributed by atoms with Crippen molar-refractivity contribution < 1.29 is 4.79 Å². The summed E-state index contributed by atoms with van der Waals surface area (Å²) in [6.45, 7) is 2.07. The molecule has 0 saturated heterocycles. The van der Waals surface area contributed by atoms with Gasteiger partial charge in [-0.1, -0.05) is 54.4 Å². The molecule has 122 valence electrons. The average Bonchev–Trinajstić information content (AvgIpc) is 3.22. The quantitative estimate of drug-likeness (QED) is 0.380. The number of thioether (sulfide) groups is 1. The van der Waals surface area contributed by atoms with Crippen LogP contribution in [0.1, 0.15) is 37.3 Å². The maximum absolute atomic E-state index is 11.4. The van der Waals surface area contributed by atoms with Gasteiger partial charge in [0, 0.05) is 11.6 Å². The van der Waals surface area contributed by atoms with Crippen LogP contribution in [0.15, 0.2) is 29.4 Å². The number of nitrogens with two attached hydrogens (primary N) is 1. The van der Waals surface area contributed by atoms with Gasteiger partial charge < -0.3 is 0 Å². The van der Waals surface area contributed by atoms with E-state index in [-0.39, 0.29) is 11.7 Å². The fourth-order valence-corrected chi connectivity index (χ4v) is 3.76. The van der Waals surface area contributed by atoms with E-state index in [0.29, 0.717) is 6.04 Å². The van der Waals surface area contributed by atoms with Gasteiger partial charge in [0.15, 0.2) is 11.0 Å². The van der Waals surface area contributed by atoms with Crippen LogP contribution < -0.4 is 11.3 Å². The molecule has 0 atom stereocenters. The second kappa shape index (κ2) is 7.14. The van der Waals surface area contributed by atoms with Crippen LogP contribution in [0.4, 0.5) is 0 Å². The fraction of sp³-hybridized carbons (Fsp3) is 0.438. The van der Waals surface area contributed by atoms with Crippen LogP contribution in [0, 0.1) is 6.92 Å². The van der Waals surface area contributed by atoms with E-state index >= 15 is 0 Å². The first-order valence-corrected chi connectivity index (χ1v) is 8.82. The monoisotopic (exact) mass is 331 g/mol. The van der Waals surface area contributed by atoms with E-state index in [0.717, 1.165) is 29.4 Å². The summed E-state index contributed by atoms with van der Waals surface area (Å²) >= 11 is 1.38. The molecule has 7 heteroatoms. The van der Waals surface area contributed by atoms with E-state index < -0.39 is 0 Å². The van der Waals surface area contributed by atoms with E-state index in [1.807, 2.05) is 0 Å². The van der Waals surface area contributed by atoms with E-state index in [4.69, 9.17) is 5.84 Å². The second-order valence-electron chi connectivity index (χ2n) is 5.84. The van der Waals surface area contributed by atoms with Crippen LogP contribution in [0.25, 0.3) is 11.4 Å². The Bertz CT molecular complexity index is 676. The number of hydrazine groups is 1. The Morgan fingerprint density at radius 3 is 2.65 bits per heavy atom. The van der Waals surface area contributed by atoms with Gasteiger partial charge in [0.05, 0.1) is 5.75 Å². The van der Waals surface area contributed by atoms with E-state index in [1.54, 1.807) is 0 Å². The summed E-state index contributed by atoms with van der Waals surface area (Å²) < 4.78 is 2.20. The lowest BCUT2D eigenvalue weighted by molar-refractivity contribution is -0.118. The molecule has 6 nitrogen and oxygen atoms in total. The molecule has 0 spiro atoms. The van der Waals surface area contributed by atoms with E-state index in [1.165, 1.54) is 30.2 Å². The van der Waals surface area contributed by atoms with Gasteiger partial charge in [0.1, 0.15) is 0 Å². The molecule has 1 heterocycles. The number of amides is 1. The molecular formula is C16H21N5OS. The highest BCUT2D eigenvalue weighted by Gasteiger charge is 2.25. The van der Waals surface area contributed by atoms with Gasteiger partial charge in [-0.3, -0.25) is 14.8 Å². The van der Waals surface area contributed by atoms with Gasteiger partial charge in [-0.05, 0) is 19.8 Å². The molecule has 2 aromatic rings. The zero-order chi connectivity index (χ0) is 16.2. The molecule has 0 bridgehead atoms. The summed E-state index contributed by atoms with van der Waals surface area (Å²) in [5.41, 5.74) is 4.43. The standard InChI is InChI=1S/C16H21N5OS/c1-11-6-8-12(9-7-11)15-19-20-16(23-10-14(22)18-17)21(15)13-4-2-3-5-13/h6-9,13H,2-5,10,17H2,1H3,(H,18,22). The first-order valence-electron chi connectivity index (χ1n) is 7.83. The third-order valence-corrected chi connectivity index (χ3v) is 5.10. The van der Waals surface area contributed by atoms with Gasteiger partial charge in [-0.2, -0.15) is 0 Å². The highest BCUT2D eigenvalue weighted by molar-refractivity contribution is 7.99. The Morgan fingerprint density at radius 2 is 2.00 bits per heavy atom. The Hall–Kier alpha value is -1.86. The third-order valence-electron chi connectivity index (χ3n) is 4.16. The largest absolute Gasteiger partial charge is 0.299 e. The first-order chi connectivity index (χ1) is 11.2. The number of nitrogens with zero attached hydrogens (tertiary/aromatic N) is 3. The van der Waals surface area contributed by atoms with Crippen molar-refractivity contribution in [2.75, 3.05) is 5.75 Å². The Morgan fingerprint density at radius 1 is 1.30 bits per heavy atom. The van der Waals surface area contributed by atoms with Crippen LogP contribution in [-0.4, -0.2) is 26.4 Å². The van der Waals surface area contributed by atoms with Crippen molar-refractivity contribution in [3.63, 3.8) is 0 Å². The highest BCUT2D eigenvalue weighted by atomic mass is 32.2. The normalized spacial score (nSPS) is 15.0. The number of hydrogen-bond acceptors (Lipinski definition) is 5. The maximum atomic E-state index is 11.4. The molecule has 0 radical (unpaired) electrons. The van der Waals surface area contributed by atoms with Crippen LogP contribution in [-0.2, 0) is 4.79 Å². The number of rotatable bonds is 5. The van der Waals surface area contributed by atoms with E-state index in [9.17, 15) is 4.79 Å². The summed E-state index contributed by atoms with van der Waals surface area (Å²) in [5.74, 6) is 6.06. The molecule has 1 aromatic carbocycles. The minimum absolute atomic E-state index is 0.215. The van der Waals surface area contributed by atoms with Gasteiger partial charge in [-0.15, -0.1) is 10.2 Å². The number of hydrogen-bond donors (Lipinski definition) is 2. The lowest BCUT2D eigenvalue weighted by Crippen LogP contribution is -2.31. The number of carbonyl (C=O) groups is 1. The minimum atomic E-state index is -0.215. The molecular weight excluding hydrogens is 310 g/mol. The van der Waals surface area contributed by atoms with Gasteiger partial charge >= 0.3 is 0 Å². The number of carbonyl (C=O) groups excluding carboxylic acids is 1. The Labute approximate surface area is 139 Å². The molecule has 3 N–H and O–H groups in total. The topological polar surface area (TPSA) is 85.8 Å². The molecule has 0 unspecified atom stereocenters. The predicted molar refractivity (Wildman–Crippen MR) is 90.8 cm³/mol. The van der Waals surface area contributed by atoms with Crippen molar-refractivity contribution in [2.24, 2.45) is 5.84 Å². The number of benzene rings is 1. The maximum Gasteiger partial charge on any atom is 0.244 e. The van der Waals surface area contributed by atoms with Gasteiger partial charge in [0.2, 0.25) is 5.91 Å². The van der Waals surface area contributed by atoms with Gasteiger partial charge in [-0.25, -0.2) is 5.84 Å². The summed E-state index contributed by atoms with van der Waals surface area (Å²) in [4.78, 5) is 11.4. The predicted octanol–water partition coefficient (Wildman–Crippen LogP) is 2.45. The van der Waals surface area contributed by atoms with Crippen molar-refractivity contribution in [1.29, 1.82) is 0 Å². The van der Waals surface area contributed by atoms with Crippen LogP contribution >= 0.6 is 11.8 Å². The van der Waals surface area contributed by atoms with Crippen molar-refractivity contribution in [3.05, 3.63) is 29.8 Å². The molecule has 1 fully saturated rings. The molecule has 1 amide bonds. The summed E-state index contributed by atoms with van der Waals surface area (Å²) in [7, 11) is 0. The molecule has 1 aliphatic carbocycles. The number of aromatic nitrogens is 3. The summed E-state index contributed by atoms with van der Waals surface area (Å²) in [6, 6.07) is 8.72. The number of aryl methyl sites for hydroxylation is 1. The average molecular weight is 331 g/mol. The number of nitrogens with one attached hydrogen (secondary N) is 1. The molecule has 1 saturated carbocycles. The fourth-order valence-electron chi connectivity index (χ4n) is 2.94. The first kappa shape index (κ1) is 16.0. The Kier molecular flexibility index (Phi) is 4.97. The van der Waals surface area contributed by atoms with Crippen molar-refractivity contribution in [1.82, 2.24) is 20.2 Å². The minimum Gasteiger partial charge on any atom is -0.299 e. The summed E-state index contributed by atoms with van der Waals surface area (Å²) in [5, 5.41) is 9.50. The van der Waals surface area contributed by atoms with Crippen molar-refractivity contribution in [3.8, 4) is 11.4 Å². The van der Waals surface area contributed by atoms with Crippen LogP contribution in [0.3, 0.4) is 0 Å². The molecule has 23 heavy (non-hydrogen) atoms. The van der Waals surface area contributed by atoms with E-state index in [2.05, 4.69) is 51.4 Å². The van der Waals surface area contributed by atoms with Crippen molar-refractivity contribution in [2.45, 2.75) is 43.8 Å². The smallest absolute Gasteiger partial charge is 0.244 e. The Balaban J connectivity index is 1.93. The molecule has 0 aliphatic heterocycles. The molecule has 3 rings (SSSR count). The molecule has 1 aliphatic rings. The van der Waals surface area contributed by atoms with Gasteiger partial charge in [0.25, 0.3) is 0 Å².